The fourth-order valence-electron chi connectivity index (χ4n) is 2.47. The Kier molecular flexibility index (Phi) is 3.66. The number of hydrogen-bond donors (Lipinski definition) is 1. The molecule has 1 fully saturated rings. The molecule has 0 bridgehead atoms. The average molecular weight is 250 g/mol. The van der Waals surface area contributed by atoms with E-state index in [0.717, 1.165) is 24.9 Å². The smallest absolute Gasteiger partial charge is 0.239 e. The van der Waals surface area contributed by atoms with Crippen LogP contribution in [0.1, 0.15) is 29.5 Å². The van der Waals surface area contributed by atoms with E-state index >= 15 is 0 Å². The molecule has 1 amide bonds. The summed E-state index contributed by atoms with van der Waals surface area (Å²) >= 11 is 0. The van der Waals surface area contributed by atoms with Crippen molar-refractivity contribution in [2.75, 3.05) is 6.54 Å². The number of aryl methyl sites for hydroxylation is 2. The molecule has 1 aromatic rings. The van der Waals surface area contributed by atoms with Crippen LogP contribution in [-0.4, -0.2) is 23.4 Å². The van der Waals surface area contributed by atoms with Crippen LogP contribution < -0.4 is 5.73 Å². The second kappa shape index (κ2) is 5.06. The lowest BCUT2D eigenvalue weighted by Crippen LogP contribution is -2.47. The molecule has 0 radical (unpaired) electrons. The highest BCUT2D eigenvalue weighted by atomic mass is 19.1. The minimum absolute atomic E-state index is 0.000816. The number of halogens is 1. The van der Waals surface area contributed by atoms with Crippen molar-refractivity contribution >= 4 is 5.91 Å². The molecular weight excluding hydrogens is 231 g/mol. The Morgan fingerprint density at radius 3 is 2.61 bits per heavy atom. The van der Waals surface area contributed by atoms with Crippen LogP contribution in [0.5, 0.6) is 0 Å². The number of benzene rings is 1. The van der Waals surface area contributed by atoms with E-state index in [4.69, 9.17) is 5.73 Å². The van der Waals surface area contributed by atoms with Crippen molar-refractivity contribution in [2.45, 2.75) is 39.3 Å². The van der Waals surface area contributed by atoms with E-state index in [0.29, 0.717) is 17.7 Å². The first-order valence-corrected chi connectivity index (χ1v) is 6.29. The third-order valence-electron chi connectivity index (χ3n) is 3.44. The van der Waals surface area contributed by atoms with Crippen LogP contribution in [0.2, 0.25) is 0 Å². The summed E-state index contributed by atoms with van der Waals surface area (Å²) in [7, 11) is 0. The van der Waals surface area contributed by atoms with E-state index in [1.165, 1.54) is 0 Å². The number of nitrogens with two attached hydrogens (primary N) is 1. The number of amides is 1. The maximum atomic E-state index is 13.5. The zero-order valence-corrected chi connectivity index (χ0v) is 10.9. The highest BCUT2D eigenvalue weighted by molar-refractivity contribution is 5.82. The van der Waals surface area contributed by atoms with Gasteiger partial charge in [0.2, 0.25) is 5.91 Å². The minimum atomic E-state index is -0.374. The first-order chi connectivity index (χ1) is 8.49. The van der Waals surface area contributed by atoms with Crippen LogP contribution in [0.15, 0.2) is 12.1 Å². The standard InChI is InChI=1S/C14H19FN2O/c1-9-6-11(7-10(2)13(9)15)8-17-5-3-4-12(16)14(17)18/h6-7,12H,3-5,8,16H2,1-2H3. The van der Waals surface area contributed by atoms with Gasteiger partial charge in [0.1, 0.15) is 5.82 Å². The lowest BCUT2D eigenvalue weighted by molar-refractivity contribution is -0.135. The van der Waals surface area contributed by atoms with Gasteiger partial charge in [-0.05, 0) is 43.4 Å². The predicted molar refractivity (Wildman–Crippen MR) is 68.5 cm³/mol. The van der Waals surface area contributed by atoms with Gasteiger partial charge in [0.15, 0.2) is 0 Å². The van der Waals surface area contributed by atoms with E-state index in [-0.39, 0.29) is 17.8 Å². The Morgan fingerprint density at radius 1 is 1.39 bits per heavy atom. The zero-order valence-electron chi connectivity index (χ0n) is 10.9. The van der Waals surface area contributed by atoms with Crippen molar-refractivity contribution < 1.29 is 9.18 Å². The molecule has 3 nitrogen and oxygen atoms in total. The monoisotopic (exact) mass is 250 g/mol. The Morgan fingerprint density at radius 2 is 2.00 bits per heavy atom. The van der Waals surface area contributed by atoms with Gasteiger partial charge in [-0.15, -0.1) is 0 Å². The van der Waals surface area contributed by atoms with E-state index < -0.39 is 0 Å². The molecular formula is C14H19FN2O. The molecule has 1 aliphatic rings. The fraction of sp³-hybridized carbons (Fsp3) is 0.500. The topological polar surface area (TPSA) is 46.3 Å². The number of rotatable bonds is 2. The van der Waals surface area contributed by atoms with Crippen LogP contribution in [0.3, 0.4) is 0 Å². The summed E-state index contributed by atoms with van der Waals surface area (Å²) in [4.78, 5) is 13.7. The highest BCUT2D eigenvalue weighted by Gasteiger charge is 2.25. The molecule has 1 aromatic carbocycles. The average Bonchev–Trinajstić information content (AvgIpc) is 2.32. The van der Waals surface area contributed by atoms with E-state index in [1.54, 1.807) is 30.9 Å². The van der Waals surface area contributed by atoms with Crippen LogP contribution in [0, 0.1) is 19.7 Å². The van der Waals surface area contributed by atoms with Crippen molar-refractivity contribution in [3.05, 3.63) is 34.6 Å². The molecule has 0 aliphatic carbocycles. The van der Waals surface area contributed by atoms with Gasteiger partial charge in [-0.3, -0.25) is 4.79 Å². The summed E-state index contributed by atoms with van der Waals surface area (Å²) in [6, 6.07) is 3.23. The first-order valence-electron chi connectivity index (χ1n) is 6.29. The molecule has 2 N–H and O–H groups in total. The Hall–Kier alpha value is -1.42. The molecule has 0 aromatic heterocycles. The van der Waals surface area contributed by atoms with Crippen LogP contribution >= 0.6 is 0 Å². The van der Waals surface area contributed by atoms with Crippen molar-refractivity contribution in [3.8, 4) is 0 Å². The highest BCUT2D eigenvalue weighted by Crippen LogP contribution is 2.18. The number of piperidine rings is 1. The van der Waals surface area contributed by atoms with Gasteiger partial charge in [-0.2, -0.15) is 0 Å². The second-order valence-corrected chi connectivity index (χ2v) is 5.05. The quantitative estimate of drug-likeness (QED) is 0.871. The predicted octanol–water partition coefficient (Wildman–Crippen LogP) is 1.89. The van der Waals surface area contributed by atoms with E-state index in [2.05, 4.69) is 0 Å². The lowest BCUT2D eigenvalue weighted by atomic mass is 10.0. The van der Waals surface area contributed by atoms with Crippen molar-refractivity contribution in [1.29, 1.82) is 0 Å². The summed E-state index contributed by atoms with van der Waals surface area (Å²) in [6.45, 7) is 4.75. The summed E-state index contributed by atoms with van der Waals surface area (Å²) in [5.41, 5.74) is 7.97. The molecule has 0 spiro atoms. The number of hydrogen-bond acceptors (Lipinski definition) is 2. The maximum absolute atomic E-state index is 13.5. The molecule has 0 saturated carbocycles. The molecule has 1 aliphatic heterocycles. The second-order valence-electron chi connectivity index (χ2n) is 5.05. The van der Waals surface area contributed by atoms with E-state index in [9.17, 15) is 9.18 Å². The molecule has 2 rings (SSSR count). The van der Waals surface area contributed by atoms with Gasteiger partial charge in [-0.25, -0.2) is 4.39 Å². The molecule has 4 heteroatoms. The van der Waals surface area contributed by atoms with Crippen LogP contribution in [-0.2, 0) is 11.3 Å². The number of carbonyl (C=O) groups is 1. The van der Waals surface area contributed by atoms with Gasteiger partial charge in [0.05, 0.1) is 6.04 Å². The fourth-order valence-corrected chi connectivity index (χ4v) is 2.47. The number of nitrogens with zero attached hydrogens (tertiary/aromatic N) is 1. The van der Waals surface area contributed by atoms with E-state index in [1.807, 2.05) is 0 Å². The van der Waals surface area contributed by atoms with Crippen LogP contribution in [0.25, 0.3) is 0 Å². The number of carbonyl (C=O) groups excluding carboxylic acids is 1. The Bertz CT molecular complexity index is 450. The number of likely N-dealkylation sites (tertiary alicyclic amines) is 1. The molecule has 1 heterocycles. The largest absolute Gasteiger partial charge is 0.337 e. The summed E-state index contributed by atoms with van der Waals surface area (Å²) in [5, 5.41) is 0. The SMILES string of the molecule is Cc1cc(CN2CCCC(N)C2=O)cc(C)c1F. The normalized spacial score (nSPS) is 20.3. The van der Waals surface area contributed by atoms with Gasteiger partial charge in [0.25, 0.3) is 0 Å². The third kappa shape index (κ3) is 2.53. The van der Waals surface area contributed by atoms with Gasteiger partial charge < -0.3 is 10.6 Å². The molecule has 1 unspecified atom stereocenters. The summed E-state index contributed by atoms with van der Waals surface area (Å²) < 4.78 is 13.5. The molecule has 18 heavy (non-hydrogen) atoms. The van der Waals surface area contributed by atoms with Gasteiger partial charge >= 0.3 is 0 Å². The van der Waals surface area contributed by atoms with Gasteiger partial charge in [-0.1, -0.05) is 12.1 Å². The zero-order chi connectivity index (χ0) is 13.3. The minimum Gasteiger partial charge on any atom is -0.337 e. The van der Waals surface area contributed by atoms with Crippen molar-refractivity contribution in [1.82, 2.24) is 4.90 Å². The van der Waals surface area contributed by atoms with Gasteiger partial charge in [0, 0.05) is 13.1 Å². The molecule has 1 saturated heterocycles. The summed E-state index contributed by atoms with van der Waals surface area (Å²) in [5.74, 6) is -0.165. The van der Waals surface area contributed by atoms with Crippen LogP contribution in [0.4, 0.5) is 4.39 Å². The maximum Gasteiger partial charge on any atom is 0.239 e. The Labute approximate surface area is 107 Å². The van der Waals surface area contributed by atoms with Crippen molar-refractivity contribution in [2.24, 2.45) is 5.73 Å². The first kappa shape index (κ1) is 13.0. The molecule has 98 valence electrons. The lowest BCUT2D eigenvalue weighted by Gasteiger charge is -2.30. The molecule has 1 atom stereocenters. The van der Waals surface area contributed by atoms with Crippen molar-refractivity contribution in [3.63, 3.8) is 0 Å². The summed E-state index contributed by atoms with van der Waals surface area (Å²) in [6.07, 6.45) is 1.70. The Balaban J connectivity index is 2.16. The third-order valence-corrected chi connectivity index (χ3v) is 3.44.